The number of aryl methyl sites for hydroxylation is 1. The zero-order chi connectivity index (χ0) is 10.1. The number of nitrogens with zero attached hydrogens (tertiary/aromatic N) is 2. The first kappa shape index (κ1) is 8.81. The minimum absolute atomic E-state index is 0.761. The van der Waals surface area contributed by atoms with E-state index in [0.29, 0.717) is 0 Å². The average molecular weight is 187 g/mol. The molecule has 0 saturated carbocycles. The van der Waals surface area contributed by atoms with Gasteiger partial charge in [-0.25, -0.2) is 4.68 Å². The molecular formula is C11H13N3. The fourth-order valence-corrected chi connectivity index (χ4v) is 1.53. The van der Waals surface area contributed by atoms with E-state index in [4.69, 9.17) is 5.73 Å². The van der Waals surface area contributed by atoms with Gasteiger partial charge >= 0.3 is 0 Å². The number of hydrogen-bond donors (Lipinski definition) is 1. The molecule has 2 aromatic rings. The van der Waals surface area contributed by atoms with Crippen LogP contribution in [0.4, 0.5) is 5.69 Å². The Hall–Kier alpha value is -1.77. The Balaban J connectivity index is 2.69. The number of anilines is 1. The quantitative estimate of drug-likeness (QED) is 0.694. The smallest absolute Gasteiger partial charge is 0.0906 e. The second kappa shape index (κ2) is 3.18. The van der Waals surface area contributed by atoms with Crippen molar-refractivity contribution in [2.24, 2.45) is 0 Å². The first-order valence-corrected chi connectivity index (χ1v) is 4.56. The summed E-state index contributed by atoms with van der Waals surface area (Å²) in [5, 5.41) is 4.19. The second-order valence-electron chi connectivity index (χ2n) is 3.40. The molecule has 0 atom stereocenters. The van der Waals surface area contributed by atoms with E-state index >= 15 is 0 Å². The minimum Gasteiger partial charge on any atom is -0.397 e. The van der Waals surface area contributed by atoms with Crippen LogP contribution in [-0.4, -0.2) is 9.78 Å². The van der Waals surface area contributed by atoms with Gasteiger partial charge in [0.05, 0.1) is 11.4 Å². The molecule has 0 unspecified atom stereocenters. The van der Waals surface area contributed by atoms with Crippen LogP contribution in [0, 0.1) is 13.8 Å². The molecule has 0 aliphatic heterocycles. The Bertz CT molecular complexity index is 444. The van der Waals surface area contributed by atoms with Crippen LogP contribution in [-0.2, 0) is 0 Å². The minimum atomic E-state index is 0.761. The highest BCUT2D eigenvalue weighted by Gasteiger charge is 2.07. The summed E-state index contributed by atoms with van der Waals surface area (Å²) in [6, 6.07) is 5.83. The standard InChI is InChI=1S/C11H13N3/c1-8-4-5-10(12)11(9(8)2)14-7-3-6-13-14/h3-7H,12H2,1-2H3. The van der Waals surface area contributed by atoms with Crippen molar-refractivity contribution in [1.29, 1.82) is 0 Å². The van der Waals surface area contributed by atoms with E-state index in [0.717, 1.165) is 11.4 Å². The normalized spacial score (nSPS) is 10.4. The van der Waals surface area contributed by atoms with E-state index in [1.807, 2.05) is 24.4 Å². The summed E-state index contributed by atoms with van der Waals surface area (Å²) < 4.78 is 1.80. The molecule has 72 valence electrons. The van der Waals surface area contributed by atoms with Gasteiger partial charge in [0.2, 0.25) is 0 Å². The van der Waals surface area contributed by atoms with Crippen LogP contribution in [0.5, 0.6) is 0 Å². The van der Waals surface area contributed by atoms with Crippen molar-refractivity contribution in [1.82, 2.24) is 9.78 Å². The SMILES string of the molecule is Cc1ccc(N)c(-n2cccn2)c1C. The predicted octanol–water partition coefficient (Wildman–Crippen LogP) is 2.07. The molecule has 1 aromatic heterocycles. The lowest BCUT2D eigenvalue weighted by Gasteiger charge is -2.11. The summed E-state index contributed by atoms with van der Waals surface area (Å²) in [5.41, 5.74) is 10.1. The van der Waals surface area contributed by atoms with Crippen molar-refractivity contribution < 1.29 is 0 Å². The monoisotopic (exact) mass is 187 g/mol. The molecule has 0 amide bonds. The van der Waals surface area contributed by atoms with Gasteiger partial charge in [-0.15, -0.1) is 0 Å². The Morgan fingerprint density at radius 1 is 1.29 bits per heavy atom. The lowest BCUT2D eigenvalue weighted by molar-refractivity contribution is 0.873. The topological polar surface area (TPSA) is 43.8 Å². The van der Waals surface area contributed by atoms with E-state index in [9.17, 15) is 0 Å². The molecule has 2 rings (SSSR count). The van der Waals surface area contributed by atoms with Crippen LogP contribution >= 0.6 is 0 Å². The lowest BCUT2D eigenvalue weighted by atomic mass is 10.1. The van der Waals surface area contributed by atoms with Crippen LogP contribution in [0.15, 0.2) is 30.6 Å². The highest BCUT2D eigenvalue weighted by Crippen LogP contribution is 2.23. The second-order valence-corrected chi connectivity index (χ2v) is 3.40. The van der Waals surface area contributed by atoms with Gasteiger partial charge < -0.3 is 5.73 Å². The van der Waals surface area contributed by atoms with Gasteiger partial charge in [0.15, 0.2) is 0 Å². The van der Waals surface area contributed by atoms with Crippen LogP contribution in [0.2, 0.25) is 0 Å². The predicted molar refractivity (Wildman–Crippen MR) is 57.5 cm³/mol. The highest BCUT2D eigenvalue weighted by molar-refractivity contribution is 5.63. The summed E-state index contributed by atoms with van der Waals surface area (Å²) in [5.74, 6) is 0. The van der Waals surface area contributed by atoms with E-state index in [-0.39, 0.29) is 0 Å². The third-order valence-electron chi connectivity index (χ3n) is 2.47. The molecule has 0 bridgehead atoms. The molecule has 0 aliphatic rings. The molecule has 3 nitrogen and oxygen atoms in total. The summed E-state index contributed by atoms with van der Waals surface area (Å²) >= 11 is 0. The van der Waals surface area contributed by atoms with Crippen molar-refractivity contribution in [2.45, 2.75) is 13.8 Å². The third-order valence-corrected chi connectivity index (χ3v) is 2.47. The largest absolute Gasteiger partial charge is 0.397 e. The van der Waals surface area contributed by atoms with Crippen LogP contribution in [0.1, 0.15) is 11.1 Å². The van der Waals surface area contributed by atoms with Crippen molar-refractivity contribution in [2.75, 3.05) is 5.73 Å². The van der Waals surface area contributed by atoms with Crippen molar-refractivity contribution in [3.63, 3.8) is 0 Å². The van der Waals surface area contributed by atoms with Crippen LogP contribution < -0.4 is 5.73 Å². The molecule has 0 radical (unpaired) electrons. The van der Waals surface area contributed by atoms with Gasteiger partial charge in [-0.3, -0.25) is 0 Å². The highest BCUT2D eigenvalue weighted by atomic mass is 15.3. The lowest BCUT2D eigenvalue weighted by Crippen LogP contribution is -2.03. The Morgan fingerprint density at radius 2 is 2.07 bits per heavy atom. The van der Waals surface area contributed by atoms with E-state index < -0.39 is 0 Å². The Morgan fingerprint density at radius 3 is 2.71 bits per heavy atom. The van der Waals surface area contributed by atoms with Crippen molar-refractivity contribution in [3.8, 4) is 5.69 Å². The summed E-state index contributed by atoms with van der Waals surface area (Å²) in [4.78, 5) is 0. The molecular weight excluding hydrogens is 174 g/mol. The first-order valence-electron chi connectivity index (χ1n) is 4.56. The first-order chi connectivity index (χ1) is 6.70. The molecule has 1 heterocycles. The van der Waals surface area contributed by atoms with Gasteiger partial charge in [0, 0.05) is 12.4 Å². The average Bonchev–Trinajstić information content (AvgIpc) is 2.65. The number of aromatic nitrogens is 2. The summed E-state index contributed by atoms with van der Waals surface area (Å²) in [7, 11) is 0. The zero-order valence-corrected chi connectivity index (χ0v) is 8.36. The van der Waals surface area contributed by atoms with Gasteiger partial charge in [0.1, 0.15) is 0 Å². The van der Waals surface area contributed by atoms with Crippen LogP contribution in [0.25, 0.3) is 5.69 Å². The summed E-state index contributed by atoms with van der Waals surface area (Å²) in [6.07, 6.45) is 3.65. The van der Waals surface area contributed by atoms with Gasteiger partial charge in [-0.2, -0.15) is 5.10 Å². The number of benzene rings is 1. The Kier molecular flexibility index (Phi) is 2.00. The number of rotatable bonds is 1. The van der Waals surface area contributed by atoms with E-state index in [1.165, 1.54) is 11.1 Å². The van der Waals surface area contributed by atoms with Crippen LogP contribution in [0.3, 0.4) is 0 Å². The third kappa shape index (κ3) is 1.27. The van der Waals surface area contributed by atoms with Gasteiger partial charge in [-0.1, -0.05) is 6.07 Å². The van der Waals surface area contributed by atoms with E-state index in [2.05, 4.69) is 18.9 Å². The maximum Gasteiger partial charge on any atom is 0.0906 e. The number of nitrogens with two attached hydrogens (primary N) is 1. The van der Waals surface area contributed by atoms with Gasteiger partial charge in [-0.05, 0) is 37.1 Å². The molecule has 0 aliphatic carbocycles. The van der Waals surface area contributed by atoms with Crippen molar-refractivity contribution >= 4 is 5.69 Å². The molecule has 0 saturated heterocycles. The summed E-state index contributed by atoms with van der Waals surface area (Å²) in [6.45, 7) is 4.13. The zero-order valence-electron chi connectivity index (χ0n) is 8.36. The molecule has 2 N–H and O–H groups in total. The number of hydrogen-bond acceptors (Lipinski definition) is 2. The fourth-order valence-electron chi connectivity index (χ4n) is 1.53. The number of nitrogen functional groups attached to an aromatic ring is 1. The van der Waals surface area contributed by atoms with Gasteiger partial charge in [0.25, 0.3) is 0 Å². The molecule has 1 aromatic carbocycles. The van der Waals surface area contributed by atoms with E-state index in [1.54, 1.807) is 10.9 Å². The molecule has 14 heavy (non-hydrogen) atoms. The molecule has 0 spiro atoms. The maximum absolute atomic E-state index is 5.92. The Labute approximate surface area is 83.2 Å². The molecule has 3 heteroatoms. The fraction of sp³-hybridized carbons (Fsp3) is 0.182. The maximum atomic E-state index is 5.92. The van der Waals surface area contributed by atoms with Crippen molar-refractivity contribution in [3.05, 3.63) is 41.7 Å². The molecule has 0 fully saturated rings.